The SMILES string of the molecule is CCN(CC)S(=O)(=O)c1ccc(N=C(c2ccccc2)c2c(O)[nH]c3ccccc23)cc1. The molecule has 0 unspecified atom stereocenters. The Bertz CT molecular complexity index is 1350. The first-order valence-electron chi connectivity index (χ1n) is 10.5. The van der Waals surface area contributed by atoms with Crippen molar-refractivity contribution in [3.8, 4) is 5.88 Å². The Morgan fingerprint density at radius 1 is 0.906 bits per heavy atom. The molecule has 4 aromatic rings. The second-order valence-corrected chi connectivity index (χ2v) is 9.24. The summed E-state index contributed by atoms with van der Waals surface area (Å²) in [7, 11) is -3.54. The molecular formula is C25H25N3O3S. The number of para-hydroxylation sites is 1. The number of H-pyrrole nitrogens is 1. The molecule has 0 bridgehead atoms. The lowest BCUT2D eigenvalue weighted by atomic mass is 10.0. The summed E-state index contributed by atoms with van der Waals surface area (Å²) in [4.78, 5) is 8.06. The average molecular weight is 448 g/mol. The number of aromatic hydroxyl groups is 1. The lowest BCUT2D eigenvalue weighted by molar-refractivity contribution is 0.445. The standard InChI is InChI=1S/C25H25N3O3S/c1-3-28(4-2)32(30,31)20-16-14-19(15-17-20)26-24(18-10-6-5-7-11-18)23-21-12-8-9-13-22(21)27-25(23)29/h5-17,27,29H,3-4H2,1-2H3. The Labute approximate surface area is 187 Å². The molecule has 6 nitrogen and oxygen atoms in total. The molecule has 0 amide bonds. The largest absolute Gasteiger partial charge is 0.494 e. The predicted octanol–water partition coefficient (Wildman–Crippen LogP) is 5.07. The van der Waals surface area contributed by atoms with Crippen molar-refractivity contribution in [1.82, 2.24) is 9.29 Å². The summed E-state index contributed by atoms with van der Waals surface area (Å²) >= 11 is 0. The molecule has 4 rings (SSSR count). The topological polar surface area (TPSA) is 85.8 Å². The van der Waals surface area contributed by atoms with Gasteiger partial charge in [0.25, 0.3) is 0 Å². The molecule has 3 aromatic carbocycles. The maximum atomic E-state index is 12.8. The van der Waals surface area contributed by atoms with Crippen molar-refractivity contribution < 1.29 is 13.5 Å². The van der Waals surface area contributed by atoms with Crippen LogP contribution < -0.4 is 0 Å². The molecule has 0 saturated heterocycles. The molecule has 0 fully saturated rings. The van der Waals surface area contributed by atoms with Crippen LogP contribution in [0.3, 0.4) is 0 Å². The molecule has 1 aromatic heterocycles. The maximum absolute atomic E-state index is 12.8. The van der Waals surface area contributed by atoms with Gasteiger partial charge in [-0.15, -0.1) is 0 Å². The van der Waals surface area contributed by atoms with Gasteiger partial charge in [0.1, 0.15) is 0 Å². The van der Waals surface area contributed by atoms with Gasteiger partial charge in [0, 0.05) is 29.6 Å². The molecule has 164 valence electrons. The van der Waals surface area contributed by atoms with Crippen molar-refractivity contribution >= 4 is 32.3 Å². The van der Waals surface area contributed by atoms with Gasteiger partial charge in [0.15, 0.2) is 5.88 Å². The number of nitrogens with zero attached hydrogens (tertiary/aromatic N) is 2. The number of sulfonamides is 1. The summed E-state index contributed by atoms with van der Waals surface area (Å²) in [6.45, 7) is 4.46. The zero-order valence-corrected chi connectivity index (χ0v) is 18.8. The number of benzene rings is 3. The fraction of sp³-hybridized carbons (Fsp3) is 0.160. The summed E-state index contributed by atoms with van der Waals surface area (Å²) in [5, 5.41) is 11.5. The summed E-state index contributed by atoms with van der Waals surface area (Å²) in [6.07, 6.45) is 0. The quantitative estimate of drug-likeness (QED) is 0.388. The molecular weight excluding hydrogens is 422 g/mol. The highest BCUT2D eigenvalue weighted by molar-refractivity contribution is 7.89. The minimum Gasteiger partial charge on any atom is -0.494 e. The van der Waals surface area contributed by atoms with E-state index in [0.29, 0.717) is 30.1 Å². The molecule has 2 N–H and O–H groups in total. The zero-order valence-electron chi connectivity index (χ0n) is 18.0. The van der Waals surface area contributed by atoms with E-state index in [2.05, 4.69) is 4.98 Å². The van der Waals surface area contributed by atoms with Gasteiger partial charge in [-0.3, -0.25) is 0 Å². The summed E-state index contributed by atoms with van der Waals surface area (Å²) in [6, 6.07) is 23.8. The highest BCUT2D eigenvalue weighted by Gasteiger charge is 2.22. The van der Waals surface area contributed by atoms with Crippen LogP contribution in [0.1, 0.15) is 25.0 Å². The number of nitrogens with one attached hydrogen (secondary N) is 1. The van der Waals surface area contributed by atoms with Crippen LogP contribution in [0.5, 0.6) is 5.88 Å². The minimum absolute atomic E-state index is 0.0366. The van der Waals surface area contributed by atoms with Gasteiger partial charge in [-0.05, 0) is 30.3 Å². The number of hydrogen-bond donors (Lipinski definition) is 2. The molecule has 0 aliphatic rings. The van der Waals surface area contributed by atoms with Crippen LogP contribution in [-0.4, -0.2) is 41.6 Å². The van der Waals surface area contributed by atoms with Crippen LogP contribution >= 0.6 is 0 Å². The molecule has 0 aliphatic heterocycles. The smallest absolute Gasteiger partial charge is 0.243 e. The molecule has 32 heavy (non-hydrogen) atoms. The first-order valence-corrected chi connectivity index (χ1v) is 11.9. The summed E-state index contributed by atoms with van der Waals surface area (Å²) < 4.78 is 27.0. The van der Waals surface area contributed by atoms with Crippen molar-refractivity contribution in [1.29, 1.82) is 0 Å². The second-order valence-electron chi connectivity index (χ2n) is 7.30. The van der Waals surface area contributed by atoms with E-state index in [1.807, 2.05) is 68.4 Å². The van der Waals surface area contributed by atoms with Crippen molar-refractivity contribution in [2.75, 3.05) is 13.1 Å². The Balaban J connectivity index is 1.83. The lowest BCUT2D eigenvalue weighted by Crippen LogP contribution is -2.30. The third-order valence-electron chi connectivity index (χ3n) is 5.39. The van der Waals surface area contributed by atoms with Gasteiger partial charge >= 0.3 is 0 Å². The third-order valence-corrected chi connectivity index (χ3v) is 7.46. The molecule has 0 atom stereocenters. The number of fused-ring (bicyclic) bond motifs is 1. The molecule has 7 heteroatoms. The van der Waals surface area contributed by atoms with Gasteiger partial charge in [-0.1, -0.05) is 62.4 Å². The normalized spacial score (nSPS) is 12.5. The van der Waals surface area contributed by atoms with Gasteiger partial charge in [-0.2, -0.15) is 4.31 Å². The highest BCUT2D eigenvalue weighted by Crippen LogP contribution is 2.31. The molecule has 0 radical (unpaired) electrons. The molecule has 0 aliphatic carbocycles. The summed E-state index contributed by atoms with van der Waals surface area (Å²) in [5.41, 5.74) is 3.44. The third kappa shape index (κ3) is 4.04. The second kappa shape index (κ2) is 8.98. The Morgan fingerprint density at radius 2 is 1.53 bits per heavy atom. The van der Waals surface area contributed by atoms with Crippen molar-refractivity contribution in [3.63, 3.8) is 0 Å². The van der Waals surface area contributed by atoms with E-state index in [9.17, 15) is 13.5 Å². The first-order chi connectivity index (χ1) is 15.5. The average Bonchev–Trinajstić information content (AvgIpc) is 3.14. The van der Waals surface area contributed by atoms with Crippen LogP contribution in [0.2, 0.25) is 0 Å². The molecule has 0 saturated carbocycles. The lowest BCUT2D eigenvalue weighted by Gasteiger charge is -2.18. The van der Waals surface area contributed by atoms with Crippen LogP contribution in [0.25, 0.3) is 10.9 Å². The Hall–Kier alpha value is -3.42. The summed E-state index contributed by atoms with van der Waals surface area (Å²) in [5.74, 6) is 0.0366. The van der Waals surface area contributed by atoms with E-state index in [4.69, 9.17) is 4.99 Å². The van der Waals surface area contributed by atoms with Crippen molar-refractivity contribution in [2.45, 2.75) is 18.7 Å². The van der Waals surface area contributed by atoms with E-state index in [-0.39, 0.29) is 10.8 Å². The molecule has 1 heterocycles. The number of aliphatic imine (C=N–C) groups is 1. The first kappa shape index (κ1) is 21.8. The fourth-order valence-electron chi connectivity index (χ4n) is 3.76. The highest BCUT2D eigenvalue weighted by atomic mass is 32.2. The number of hydrogen-bond acceptors (Lipinski definition) is 4. The van der Waals surface area contributed by atoms with Crippen LogP contribution in [-0.2, 0) is 10.0 Å². The van der Waals surface area contributed by atoms with Gasteiger partial charge < -0.3 is 10.1 Å². The van der Waals surface area contributed by atoms with Gasteiger partial charge in [0.05, 0.1) is 21.9 Å². The fourth-order valence-corrected chi connectivity index (χ4v) is 5.22. The molecule has 0 spiro atoms. The zero-order chi connectivity index (χ0) is 22.7. The maximum Gasteiger partial charge on any atom is 0.243 e. The van der Waals surface area contributed by atoms with Crippen LogP contribution in [0.4, 0.5) is 5.69 Å². The number of aromatic nitrogens is 1. The Morgan fingerprint density at radius 3 is 2.19 bits per heavy atom. The van der Waals surface area contributed by atoms with Crippen LogP contribution in [0, 0.1) is 0 Å². The van der Waals surface area contributed by atoms with E-state index in [1.54, 1.807) is 24.3 Å². The monoisotopic (exact) mass is 447 g/mol. The van der Waals surface area contributed by atoms with Gasteiger partial charge in [-0.25, -0.2) is 13.4 Å². The van der Waals surface area contributed by atoms with E-state index < -0.39 is 10.0 Å². The van der Waals surface area contributed by atoms with E-state index in [1.165, 1.54) is 4.31 Å². The van der Waals surface area contributed by atoms with Crippen molar-refractivity contribution in [2.24, 2.45) is 4.99 Å². The Kier molecular flexibility index (Phi) is 6.12. The van der Waals surface area contributed by atoms with E-state index in [0.717, 1.165) is 16.5 Å². The number of aromatic amines is 1. The van der Waals surface area contributed by atoms with Crippen LogP contribution in [0.15, 0.2) is 88.8 Å². The van der Waals surface area contributed by atoms with Crippen molar-refractivity contribution in [3.05, 3.63) is 90.0 Å². The predicted molar refractivity (Wildman–Crippen MR) is 128 cm³/mol. The minimum atomic E-state index is -3.54. The number of rotatable bonds is 7. The van der Waals surface area contributed by atoms with Gasteiger partial charge in [0.2, 0.25) is 10.0 Å². The van der Waals surface area contributed by atoms with E-state index >= 15 is 0 Å².